The standard InChI is InChI=1S/C17H15ClN4O2S/c1-9-5-10(18)3-4-13(9)21-17(25)20-11-6-12(16(23)24)15-14(7-11)19-8-22(15)2/h3-8H,1-2H3,(H,23,24)(H2,20,21,25). The van der Waals surface area contributed by atoms with Gasteiger partial charge in [0.2, 0.25) is 0 Å². The van der Waals surface area contributed by atoms with Gasteiger partial charge in [0.05, 0.1) is 22.9 Å². The van der Waals surface area contributed by atoms with Crippen molar-refractivity contribution < 1.29 is 9.90 Å². The topological polar surface area (TPSA) is 79.2 Å². The highest BCUT2D eigenvalue weighted by Gasteiger charge is 2.15. The normalized spacial score (nSPS) is 10.7. The van der Waals surface area contributed by atoms with Crippen LogP contribution in [0.1, 0.15) is 15.9 Å². The maximum absolute atomic E-state index is 11.5. The average Bonchev–Trinajstić information content (AvgIpc) is 2.90. The molecule has 0 radical (unpaired) electrons. The molecule has 0 spiro atoms. The third kappa shape index (κ3) is 3.57. The van der Waals surface area contributed by atoms with E-state index in [-0.39, 0.29) is 5.56 Å². The van der Waals surface area contributed by atoms with Crippen molar-refractivity contribution in [3.8, 4) is 0 Å². The van der Waals surface area contributed by atoms with Crippen molar-refractivity contribution in [2.45, 2.75) is 6.92 Å². The van der Waals surface area contributed by atoms with Crippen LogP contribution in [-0.2, 0) is 7.05 Å². The third-order valence-electron chi connectivity index (χ3n) is 3.74. The van der Waals surface area contributed by atoms with E-state index >= 15 is 0 Å². The number of imidazole rings is 1. The number of fused-ring (bicyclic) bond motifs is 1. The number of halogens is 1. The van der Waals surface area contributed by atoms with Crippen molar-refractivity contribution in [3.63, 3.8) is 0 Å². The van der Waals surface area contributed by atoms with Crippen LogP contribution < -0.4 is 10.6 Å². The first kappa shape index (κ1) is 17.2. The van der Waals surface area contributed by atoms with Gasteiger partial charge in [0.25, 0.3) is 0 Å². The first-order valence-electron chi connectivity index (χ1n) is 7.37. The fourth-order valence-corrected chi connectivity index (χ4v) is 3.04. The average molecular weight is 375 g/mol. The van der Waals surface area contributed by atoms with E-state index in [1.165, 1.54) is 6.07 Å². The van der Waals surface area contributed by atoms with Crippen LogP contribution in [0.15, 0.2) is 36.7 Å². The molecule has 2 aromatic carbocycles. The number of aromatic nitrogens is 2. The Balaban J connectivity index is 1.87. The molecule has 0 saturated heterocycles. The van der Waals surface area contributed by atoms with E-state index in [9.17, 15) is 9.90 Å². The van der Waals surface area contributed by atoms with Crippen LogP contribution in [0.2, 0.25) is 5.02 Å². The number of carboxylic acids is 1. The molecular weight excluding hydrogens is 360 g/mol. The summed E-state index contributed by atoms with van der Waals surface area (Å²) in [7, 11) is 1.75. The summed E-state index contributed by atoms with van der Waals surface area (Å²) in [6.45, 7) is 1.92. The number of hydrogen-bond donors (Lipinski definition) is 3. The summed E-state index contributed by atoms with van der Waals surface area (Å²) in [5.74, 6) is -1.02. The largest absolute Gasteiger partial charge is 0.478 e. The molecular formula is C17H15ClN4O2S. The molecule has 0 amide bonds. The number of thiocarbonyl (C=S) groups is 1. The van der Waals surface area contributed by atoms with Gasteiger partial charge >= 0.3 is 5.97 Å². The van der Waals surface area contributed by atoms with Gasteiger partial charge in [-0.05, 0) is 55.0 Å². The van der Waals surface area contributed by atoms with Gasteiger partial charge < -0.3 is 20.3 Å². The molecule has 25 heavy (non-hydrogen) atoms. The fraction of sp³-hybridized carbons (Fsp3) is 0.118. The molecule has 1 heterocycles. The molecule has 1 aromatic heterocycles. The van der Waals surface area contributed by atoms with E-state index in [4.69, 9.17) is 23.8 Å². The molecule has 0 atom stereocenters. The van der Waals surface area contributed by atoms with E-state index in [0.29, 0.717) is 26.9 Å². The van der Waals surface area contributed by atoms with Crippen LogP contribution in [0.25, 0.3) is 11.0 Å². The number of rotatable bonds is 3. The Morgan fingerprint density at radius 3 is 2.72 bits per heavy atom. The number of anilines is 2. The molecule has 0 fully saturated rings. The minimum Gasteiger partial charge on any atom is -0.478 e. The SMILES string of the molecule is Cc1cc(Cl)ccc1NC(=S)Nc1cc(C(=O)O)c2c(c1)ncn2C. The molecule has 3 rings (SSSR count). The Hall–Kier alpha value is -2.64. The molecule has 8 heteroatoms. The maximum Gasteiger partial charge on any atom is 0.337 e. The first-order chi connectivity index (χ1) is 11.8. The van der Waals surface area contributed by atoms with Crippen LogP contribution in [0.4, 0.5) is 11.4 Å². The van der Waals surface area contributed by atoms with Gasteiger partial charge in [0.1, 0.15) is 0 Å². The maximum atomic E-state index is 11.5. The van der Waals surface area contributed by atoms with Crippen molar-refractivity contribution in [1.29, 1.82) is 0 Å². The van der Waals surface area contributed by atoms with Crippen LogP contribution in [0.5, 0.6) is 0 Å². The fourth-order valence-electron chi connectivity index (χ4n) is 2.58. The van der Waals surface area contributed by atoms with Gasteiger partial charge in [-0.3, -0.25) is 0 Å². The molecule has 0 bridgehead atoms. The summed E-state index contributed by atoms with van der Waals surface area (Å²) in [6, 6.07) is 8.72. The van der Waals surface area contributed by atoms with E-state index in [0.717, 1.165) is 11.3 Å². The highest BCUT2D eigenvalue weighted by atomic mass is 35.5. The van der Waals surface area contributed by atoms with Crippen LogP contribution in [0, 0.1) is 6.92 Å². The highest BCUT2D eigenvalue weighted by Crippen LogP contribution is 2.24. The van der Waals surface area contributed by atoms with Crippen molar-refractivity contribution in [3.05, 3.63) is 52.8 Å². The minimum absolute atomic E-state index is 0.158. The summed E-state index contributed by atoms with van der Waals surface area (Å²) < 4.78 is 1.68. The summed E-state index contributed by atoms with van der Waals surface area (Å²) in [5.41, 5.74) is 3.61. The molecule has 6 nitrogen and oxygen atoms in total. The second-order valence-corrected chi connectivity index (χ2v) is 6.44. The highest BCUT2D eigenvalue weighted by molar-refractivity contribution is 7.80. The molecule has 0 unspecified atom stereocenters. The van der Waals surface area contributed by atoms with Gasteiger partial charge in [-0.15, -0.1) is 0 Å². The van der Waals surface area contributed by atoms with Gasteiger partial charge in [-0.1, -0.05) is 11.6 Å². The van der Waals surface area contributed by atoms with Crippen LogP contribution in [0.3, 0.4) is 0 Å². The summed E-state index contributed by atoms with van der Waals surface area (Å²) in [4.78, 5) is 15.8. The number of aromatic carboxylic acids is 1. The predicted molar refractivity (Wildman–Crippen MR) is 104 cm³/mol. The first-order valence-corrected chi connectivity index (χ1v) is 8.16. The Morgan fingerprint density at radius 2 is 2.04 bits per heavy atom. The summed E-state index contributed by atoms with van der Waals surface area (Å²) in [6.07, 6.45) is 1.58. The Kier molecular flexibility index (Phi) is 4.61. The van der Waals surface area contributed by atoms with Gasteiger partial charge in [0.15, 0.2) is 5.11 Å². The predicted octanol–water partition coefficient (Wildman–Crippen LogP) is 4.04. The lowest BCUT2D eigenvalue weighted by molar-refractivity contribution is 0.0698. The lowest BCUT2D eigenvalue weighted by Crippen LogP contribution is -2.20. The van der Waals surface area contributed by atoms with E-state index < -0.39 is 5.97 Å². The quantitative estimate of drug-likeness (QED) is 0.600. The monoisotopic (exact) mass is 374 g/mol. The number of nitrogens with zero attached hydrogens (tertiary/aromatic N) is 2. The number of benzene rings is 2. The minimum atomic E-state index is -1.02. The van der Waals surface area contributed by atoms with Crippen molar-refractivity contribution in [2.75, 3.05) is 10.6 Å². The molecule has 128 valence electrons. The number of carbonyl (C=O) groups is 1. The van der Waals surface area contributed by atoms with E-state index in [1.54, 1.807) is 30.1 Å². The zero-order valence-corrected chi connectivity index (χ0v) is 15.1. The number of hydrogen-bond acceptors (Lipinski definition) is 3. The Bertz CT molecular complexity index is 1000. The second kappa shape index (κ2) is 6.70. The Labute approximate surface area is 154 Å². The van der Waals surface area contributed by atoms with Gasteiger partial charge in [-0.2, -0.15) is 0 Å². The van der Waals surface area contributed by atoms with E-state index in [1.807, 2.05) is 19.1 Å². The van der Waals surface area contributed by atoms with E-state index in [2.05, 4.69) is 15.6 Å². The van der Waals surface area contributed by atoms with Crippen molar-refractivity contribution in [1.82, 2.24) is 9.55 Å². The van der Waals surface area contributed by atoms with Crippen molar-refractivity contribution >= 4 is 57.3 Å². The lowest BCUT2D eigenvalue weighted by atomic mass is 10.1. The van der Waals surface area contributed by atoms with Crippen LogP contribution >= 0.6 is 23.8 Å². The third-order valence-corrected chi connectivity index (χ3v) is 4.18. The van der Waals surface area contributed by atoms with Crippen LogP contribution in [-0.4, -0.2) is 25.7 Å². The lowest BCUT2D eigenvalue weighted by Gasteiger charge is -2.13. The van der Waals surface area contributed by atoms with Gasteiger partial charge in [-0.25, -0.2) is 9.78 Å². The smallest absolute Gasteiger partial charge is 0.337 e. The zero-order chi connectivity index (χ0) is 18.1. The molecule has 3 aromatic rings. The molecule has 0 aliphatic rings. The number of nitrogens with one attached hydrogen (secondary N) is 2. The summed E-state index contributed by atoms with van der Waals surface area (Å²) >= 11 is 11.3. The molecule has 0 saturated carbocycles. The number of aryl methyl sites for hydroxylation is 2. The summed E-state index contributed by atoms with van der Waals surface area (Å²) in [5, 5.41) is 16.5. The van der Waals surface area contributed by atoms with Gasteiger partial charge in [0, 0.05) is 23.4 Å². The Morgan fingerprint density at radius 1 is 1.28 bits per heavy atom. The second-order valence-electron chi connectivity index (χ2n) is 5.59. The molecule has 3 N–H and O–H groups in total. The number of carboxylic acid groups (broad SMARTS) is 1. The molecule has 0 aliphatic heterocycles. The zero-order valence-electron chi connectivity index (χ0n) is 13.5. The van der Waals surface area contributed by atoms with Crippen molar-refractivity contribution in [2.24, 2.45) is 7.05 Å². The molecule has 0 aliphatic carbocycles.